The number of nitrogens with zero attached hydrogens (tertiary/aromatic N) is 2. The van der Waals surface area contributed by atoms with Gasteiger partial charge in [-0.25, -0.2) is 8.42 Å². The molecular formula is C28H34N2O4S. The van der Waals surface area contributed by atoms with Crippen LogP contribution in [0.5, 0.6) is 5.75 Å². The average Bonchev–Trinajstić information content (AvgIpc) is 3.69. The first-order valence-corrected chi connectivity index (χ1v) is 13.6. The van der Waals surface area contributed by atoms with Gasteiger partial charge in [-0.1, -0.05) is 42.5 Å². The number of allylic oxidation sites excluding steroid dienone is 3. The molecule has 0 spiro atoms. The van der Waals surface area contributed by atoms with Crippen molar-refractivity contribution in [1.29, 1.82) is 0 Å². The minimum atomic E-state index is -3.68. The van der Waals surface area contributed by atoms with E-state index in [0.717, 1.165) is 35.1 Å². The van der Waals surface area contributed by atoms with Crippen LogP contribution in [0.15, 0.2) is 65.6 Å². The van der Waals surface area contributed by atoms with Crippen molar-refractivity contribution in [1.82, 2.24) is 9.21 Å². The Labute approximate surface area is 208 Å². The molecule has 4 rings (SSSR count). The number of hydrogen-bond donors (Lipinski definition) is 0. The number of ether oxygens (including phenoxy) is 1. The van der Waals surface area contributed by atoms with E-state index < -0.39 is 10.0 Å². The molecule has 2 aromatic carbocycles. The second kappa shape index (κ2) is 10.8. The Morgan fingerprint density at radius 1 is 1.14 bits per heavy atom. The van der Waals surface area contributed by atoms with Crippen molar-refractivity contribution in [3.63, 3.8) is 0 Å². The first kappa shape index (κ1) is 25.2. The molecule has 0 aromatic heterocycles. The number of sulfonamides is 1. The molecule has 1 amide bonds. The van der Waals surface area contributed by atoms with Gasteiger partial charge >= 0.3 is 0 Å². The third-order valence-corrected chi connectivity index (χ3v) is 8.40. The lowest BCUT2D eigenvalue weighted by Gasteiger charge is -2.23. The van der Waals surface area contributed by atoms with Gasteiger partial charge in [0, 0.05) is 37.7 Å². The second-order valence-corrected chi connectivity index (χ2v) is 11.3. The van der Waals surface area contributed by atoms with Gasteiger partial charge in [-0.15, -0.1) is 0 Å². The van der Waals surface area contributed by atoms with Crippen LogP contribution in [-0.4, -0.2) is 43.2 Å². The second-order valence-electron chi connectivity index (χ2n) is 9.35. The van der Waals surface area contributed by atoms with Gasteiger partial charge in [0.1, 0.15) is 12.4 Å². The number of hydrogen-bond acceptors (Lipinski definition) is 4. The van der Waals surface area contributed by atoms with Crippen LogP contribution in [0, 0.1) is 19.8 Å². The standard InChI is InChI=1S/C28H34N2O4S/c1-4-5-6-7-14-29(28(31)24-11-12-24)19-23-10-13-26-25(18-23)20-30(15-16-34-26)35(32,33)27-17-21(2)8-9-22(27)3/h4-10,13,17-18,24H,11-12,14-16,19-20H2,1-3H3. The lowest BCUT2D eigenvalue weighted by atomic mass is 10.1. The zero-order valence-electron chi connectivity index (χ0n) is 20.7. The fourth-order valence-corrected chi connectivity index (χ4v) is 5.98. The van der Waals surface area contributed by atoms with E-state index >= 15 is 0 Å². The van der Waals surface area contributed by atoms with Crippen LogP contribution in [0.3, 0.4) is 0 Å². The SMILES string of the molecule is CC=CC=CCN(Cc1ccc2c(c1)CN(S(=O)(=O)c1cc(C)ccc1C)CCO2)C(=O)C1CC1. The number of aryl methyl sites for hydroxylation is 2. The van der Waals surface area contributed by atoms with Crippen LogP contribution in [0.25, 0.3) is 0 Å². The molecule has 1 aliphatic heterocycles. The molecule has 186 valence electrons. The van der Waals surface area contributed by atoms with E-state index in [4.69, 9.17) is 4.74 Å². The molecule has 7 heteroatoms. The van der Waals surface area contributed by atoms with E-state index in [2.05, 4.69) is 0 Å². The van der Waals surface area contributed by atoms with Crippen LogP contribution >= 0.6 is 0 Å². The van der Waals surface area contributed by atoms with Crippen molar-refractivity contribution < 1.29 is 17.9 Å². The van der Waals surface area contributed by atoms with Crippen molar-refractivity contribution >= 4 is 15.9 Å². The molecule has 1 aliphatic carbocycles. The predicted octanol–water partition coefficient (Wildman–Crippen LogP) is 4.76. The highest BCUT2D eigenvalue weighted by atomic mass is 32.2. The monoisotopic (exact) mass is 494 g/mol. The van der Waals surface area contributed by atoms with Crippen LogP contribution in [0.2, 0.25) is 0 Å². The average molecular weight is 495 g/mol. The lowest BCUT2D eigenvalue weighted by Crippen LogP contribution is -2.33. The van der Waals surface area contributed by atoms with Gasteiger partial charge in [0.15, 0.2) is 0 Å². The van der Waals surface area contributed by atoms with Crippen molar-refractivity contribution in [3.8, 4) is 5.75 Å². The summed E-state index contributed by atoms with van der Waals surface area (Å²) in [6, 6.07) is 11.3. The van der Waals surface area contributed by atoms with Gasteiger partial charge in [0.05, 0.1) is 4.90 Å². The summed E-state index contributed by atoms with van der Waals surface area (Å²) in [6.07, 6.45) is 9.76. The summed E-state index contributed by atoms with van der Waals surface area (Å²) in [7, 11) is -3.68. The molecule has 1 fully saturated rings. The third kappa shape index (κ3) is 6.03. The van der Waals surface area contributed by atoms with Gasteiger partial charge in [-0.05, 0) is 68.5 Å². The summed E-state index contributed by atoms with van der Waals surface area (Å²) in [5, 5.41) is 0. The quantitative estimate of drug-likeness (QED) is 0.497. The summed E-state index contributed by atoms with van der Waals surface area (Å²) >= 11 is 0. The number of carbonyl (C=O) groups excluding carboxylic acids is 1. The summed E-state index contributed by atoms with van der Waals surface area (Å²) in [6.45, 7) is 7.50. The smallest absolute Gasteiger partial charge is 0.243 e. The molecule has 1 saturated carbocycles. The van der Waals surface area contributed by atoms with E-state index in [0.29, 0.717) is 30.3 Å². The van der Waals surface area contributed by atoms with Crippen LogP contribution in [0.4, 0.5) is 0 Å². The molecule has 0 saturated heterocycles. The van der Waals surface area contributed by atoms with Crippen molar-refractivity contribution in [2.24, 2.45) is 5.92 Å². The van der Waals surface area contributed by atoms with E-state index in [1.54, 1.807) is 6.07 Å². The minimum absolute atomic E-state index is 0.132. The number of benzene rings is 2. The van der Waals surface area contributed by atoms with Crippen LogP contribution in [0.1, 0.15) is 42.0 Å². The highest BCUT2D eigenvalue weighted by Gasteiger charge is 2.33. The highest BCUT2D eigenvalue weighted by Crippen LogP contribution is 2.33. The van der Waals surface area contributed by atoms with E-state index in [1.807, 2.05) is 80.3 Å². The number of amides is 1. The molecule has 0 bridgehead atoms. The maximum atomic E-state index is 13.5. The fourth-order valence-electron chi connectivity index (χ4n) is 4.27. The first-order chi connectivity index (χ1) is 16.8. The number of rotatable bonds is 8. The van der Waals surface area contributed by atoms with Crippen LogP contribution in [-0.2, 0) is 27.9 Å². The Morgan fingerprint density at radius 2 is 1.94 bits per heavy atom. The lowest BCUT2D eigenvalue weighted by molar-refractivity contribution is -0.132. The number of carbonyl (C=O) groups is 1. The molecule has 0 unspecified atom stereocenters. The van der Waals surface area contributed by atoms with Crippen molar-refractivity contribution in [2.45, 2.75) is 51.6 Å². The Bertz CT molecular complexity index is 1250. The largest absolute Gasteiger partial charge is 0.492 e. The van der Waals surface area contributed by atoms with E-state index in [9.17, 15) is 13.2 Å². The van der Waals surface area contributed by atoms with Gasteiger partial charge in [-0.3, -0.25) is 4.79 Å². The maximum Gasteiger partial charge on any atom is 0.243 e. The zero-order valence-corrected chi connectivity index (χ0v) is 21.6. The molecule has 2 aromatic rings. The highest BCUT2D eigenvalue weighted by molar-refractivity contribution is 7.89. The molecule has 0 radical (unpaired) electrons. The van der Waals surface area contributed by atoms with E-state index in [1.165, 1.54) is 4.31 Å². The Hall–Kier alpha value is -2.90. The number of fused-ring (bicyclic) bond motifs is 1. The Kier molecular flexibility index (Phi) is 7.77. The fraction of sp³-hybridized carbons (Fsp3) is 0.393. The maximum absolute atomic E-state index is 13.5. The summed E-state index contributed by atoms with van der Waals surface area (Å²) in [4.78, 5) is 15.1. The predicted molar refractivity (Wildman–Crippen MR) is 138 cm³/mol. The molecule has 6 nitrogen and oxygen atoms in total. The normalized spacial score (nSPS) is 16.8. The van der Waals surface area contributed by atoms with Gasteiger partial charge < -0.3 is 9.64 Å². The van der Waals surface area contributed by atoms with Crippen molar-refractivity contribution in [3.05, 3.63) is 83.0 Å². The summed E-state index contributed by atoms with van der Waals surface area (Å²) in [5.74, 6) is 1.01. The van der Waals surface area contributed by atoms with Gasteiger partial charge in [0.2, 0.25) is 15.9 Å². The third-order valence-electron chi connectivity index (χ3n) is 6.41. The topological polar surface area (TPSA) is 66.9 Å². The molecule has 2 aliphatic rings. The summed E-state index contributed by atoms with van der Waals surface area (Å²) < 4.78 is 34.5. The Morgan fingerprint density at radius 3 is 2.69 bits per heavy atom. The van der Waals surface area contributed by atoms with Gasteiger partial charge in [-0.2, -0.15) is 4.31 Å². The summed E-state index contributed by atoms with van der Waals surface area (Å²) in [5.41, 5.74) is 3.42. The molecule has 1 heterocycles. The molecule has 0 atom stereocenters. The molecule has 35 heavy (non-hydrogen) atoms. The molecular weight excluding hydrogens is 460 g/mol. The molecule has 0 N–H and O–H groups in total. The van der Waals surface area contributed by atoms with E-state index in [-0.39, 0.29) is 24.9 Å². The van der Waals surface area contributed by atoms with Gasteiger partial charge in [0.25, 0.3) is 0 Å². The minimum Gasteiger partial charge on any atom is -0.492 e. The van der Waals surface area contributed by atoms with Crippen LogP contribution < -0.4 is 4.74 Å². The first-order valence-electron chi connectivity index (χ1n) is 12.2. The van der Waals surface area contributed by atoms with Crippen molar-refractivity contribution in [2.75, 3.05) is 19.7 Å². The zero-order chi connectivity index (χ0) is 25.0. The Balaban J connectivity index is 1.57.